The lowest BCUT2D eigenvalue weighted by atomic mass is 10.3. The predicted molar refractivity (Wildman–Crippen MR) is 48.2 cm³/mol. The molecule has 0 radical (unpaired) electrons. The molecular formula is C9H11N3. The maximum absolute atomic E-state index is 8.33. The van der Waals surface area contributed by atoms with Gasteiger partial charge in [0.1, 0.15) is 0 Å². The van der Waals surface area contributed by atoms with Gasteiger partial charge in [-0.2, -0.15) is 5.26 Å². The van der Waals surface area contributed by atoms with Crippen LogP contribution < -0.4 is 10.9 Å². The van der Waals surface area contributed by atoms with Gasteiger partial charge in [0.2, 0.25) is 0 Å². The largest absolute Gasteiger partial charge is 0.310 e. The molecule has 0 saturated heterocycles. The average molecular weight is 161 g/mol. The molecule has 1 rings (SSSR count). The molecule has 0 heterocycles. The van der Waals surface area contributed by atoms with E-state index >= 15 is 0 Å². The standard InChI is InChI=1S/C9H11N3/c10-7-4-8-12(11)9-5-2-1-3-6-9/h1-3,5-6H,4,8,11H2. The van der Waals surface area contributed by atoms with Gasteiger partial charge in [0.15, 0.2) is 0 Å². The summed E-state index contributed by atoms with van der Waals surface area (Å²) in [4.78, 5) is 0. The molecule has 0 aliphatic carbocycles. The maximum Gasteiger partial charge on any atom is 0.0641 e. The van der Waals surface area contributed by atoms with E-state index in [-0.39, 0.29) is 0 Å². The molecule has 2 N–H and O–H groups in total. The number of hydrogen-bond donors (Lipinski definition) is 1. The van der Waals surface area contributed by atoms with Crippen molar-refractivity contribution in [2.75, 3.05) is 11.6 Å². The predicted octanol–water partition coefficient (Wildman–Crippen LogP) is 1.28. The highest BCUT2D eigenvalue weighted by atomic mass is 15.4. The minimum atomic E-state index is 0.450. The Balaban J connectivity index is 2.55. The van der Waals surface area contributed by atoms with Crippen molar-refractivity contribution in [3.63, 3.8) is 0 Å². The van der Waals surface area contributed by atoms with Gasteiger partial charge >= 0.3 is 0 Å². The fraction of sp³-hybridized carbons (Fsp3) is 0.222. The summed E-state index contributed by atoms with van der Waals surface area (Å²) in [5.74, 6) is 5.66. The topological polar surface area (TPSA) is 53.0 Å². The summed E-state index contributed by atoms with van der Waals surface area (Å²) in [5.41, 5.74) is 0.938. The first-order valence-corrected chi connectivity index (χ1v) is 3.79. The van der Waals surface area contributed by atoms with Crippen LogP contribution in [-0.2, 0) is 0 Å². The molecule has 62 valence electrons. The lowest BCUT2D eigenvalue weighted by Crippen LogP contribution is -2.31. The second kappa shape index (κ2) is 4.37. The average Bonchev–Trinajstić information content (AvgIpc) is 2.15. The summed E-state index contributed by atoms with van der Waals surface area (Å²) in [7, 11) is 0. The molecule has 3 heteroatoms. The SMILES string of the molecule is N#CCCN(N)c1ccccc1. The van der Waals surface area contributed by atoms with Gasteiger partial charge in [0, 0.05) is 6.54 Å². The van der Waals surface area contributed by atoms with Crippen LogP contribution in [0.4, 0.5) is 5.69 Å². The van der Waals surface area contributed by atoms with Crippen molar-refractivity contribution in [2.24, 2.45) is 5.84 Å². The molecule has 12 heavy (non-hydrogen) atoms. The van der Waals surface area contributed by atoms with Gasteiger partial charge < -0.3 is 5.01 Å². The second-order valence-corrected chi connectivity index (χ2v) is 2.44. The van der Waals surface area contributed by atoms with Crippen LogP contribution in [0.15, 0.2) is 30.3 Å². The Morgan fingerprint density at radius 2 is 2.00 bits per heavy atom. The third-order valence-corrected chi connectivity index (χ3v) is 1.55. The summed E-state index contributed by atoms with van der Waals surface area (Å²) in [6, 6.07) is 11.6. The normalized spacial score (nSPS) is 9.00. The molecule has 0 amide bonds. The number of rotatable bonds is 3. The van der Waals surface area contributed by atoms with Gasteiger partial charge in [-0.05, 0) is 12.1 Å². The van der Waals surface area contributed by atoms with Crippen LogP contribution in [0.1, 0.15) is 6.42 Å². The number of nitrogens with zero attached hydrogens (tertiary/aromatic N) is 2. The van der Waals surface area contributed by atoms with Crippen molar-refractivity contribution in [1.29, 1.82) is 5.26 Å². The Bertz CT molecular complexity index is 263. The van der Waals surface area contributed by atoms with Crippen molar-refractivity contribution < 1.29 is 0 Å². The zero-order valence-electron chi connectivity index (χ0n) is 6.77. The van der Waals surface area contributed by atoms with Gasteiger partial charge in [0.25, 0.3) is 0 Å². The third-order valence-electron chi connectivity index (χ3n) is 1.55. The molecule has 0 aromatic heterocycles. The number of benzene rings is 1. The number of nitrogens with two attached hydrogens (primary N) is 1. The highest BCUT2D eigenvalue weighted by Crippen LogP contribution is 2.08. The first-order chi connectivity index (χ1) is 5.84. The first kappa shape index (κ1) is 8.57. The van der Waals surface area contributed by atoms with Gasteiger partial charge in [-0.1, -0.05) is 18.2 Å². The van der Waals surface area contributed by atoms with Gasteiger partial charge in [-0.3, -0.25) is 0 Å². The summed E-state index contributed by atoms with van der Waals surface area (Å²) < 4.78 is 0. The van der Waals surface area contributed by atoms with Crippen molar-refractivity contribution in [3.8, 4) is 6.07 Å². The van der Waals surface area contributed by atoms with Crippen LogP contribution in [-0.4, -0.2) is 6.54 Å². The highest BCUT2D eigenvalue weighted by Gasteiger charge is 1.97. The van der Waals surface area contributed by atoms with Crippen LogP contribution in [0.5, 0.6) is 0 Å². The van der Waals surface area contributed by atoms with E-state index in [1.54, 1.807) is 5.01 Å². The Morgan fingerprint density at radius 1 is 1.33 bits per heavy atom. The first-order valence-electron chi connectivity index (χ1n) is 3.79. The molecule has 0 fully saturated rings. The molecule has 1 aromatic carbocycles. The molecule has 0 saturated carbocycles. The van der Waals surface area contributed by atoms with E-state index < -0.39 is 0 Å². The zero-order valence-corrected chi connectivity index (χ0v) is 6.77. The Morgan fingerprint density at radius 3 is 2.58 bits per heavy atom. The van der Waals surface area contributed by atoms with E-state index in [1.165, 1.54) is 0 Å². The summed E-state index contributed by atoms with van der Waals surface area (Å²) in [5, 5.41) is 9.90. The maximum atomic E-state index is 8.33. The van der Waals surface area contributed by atoms with Crippen molar-refractivity contribution >= 4 is 5.69 Å². The molecule has 0 spiro atoms. The molecule has 1 aromatic rings. The number of nitriles is 1. The Hall–Kier alpha value is -1.53. The summed E-state index contributed by atoms with van der Waals surface area (Å²) in [6.45, 7) is 0.570. The lowest BCUT2D eigenvalue weighted by Gasteiger charge is -2.16. The van der Waals surface area contributed by atoms with E-state index in [0.717, 1.165) is 5.69 Å². The fourth-order valence-electron chi connectivity index (χ4n) is 0.919. The summed E-state index contributed by atoms with van der Waals surface area (Å²) >= 11 is 0. The second-order valence-electron chi connectivity index (χ2n) is 2.44. The van der Waals surface area contributed by atoms with Crippen LogP contribution in [0.3, 0.4) is 0 Å². The van der Waals surface area contributed by atoms with Crippen molar-refractivity contribution in [3.05, 3.63) is 30.3 Å². The van der Waals surface area contributed by atoms with E-state index in [9.17, 15) is 0 Å². The molecule has 0 aliphatic heterocycles. The van der Waals surface area contributed by atoms with Crippen LogP contribution in [0, 0.1) is 11.3 Å². The van der Waals surface area contributed by atoms with Gasteiger partial charge in [-0.15, -0.1) is 0 Å². The van der Waals surface area contributed by atoms with E-state index in [4.69, 9.17) is 11.1 Å². The van der Waals surface area contributed by atoms with Crippen molar-refractivity contribution in [2.45, 2.75) is 6.42 Å². The number of hydrogen-bond acceptors (Lipinski definition) is 3. The number of hydrazine groups is 1. The third kappa shape index (κ3) is 2.26. The van der Waals surface area contributed by atoms with E-state index in [2.05, 4.69) is 0 Å². The zero-order chi connectivity index (χ0) is 8.81. The van der Waals surface area contributed by atoms with Crippen LogP contribution in [0.25, 0.3) is 0 Å². The van der Waals surface area contributed by atoms with E-state index in [0.29, 0.717) is 13.0 Å². The Labute approximate surface area is 72.0 Å². The number of para-hydroxylation sites is 1. The number of anilines is 1. The molecule has 0 unspecified atom stereocenters. The molecule has 0 atom stereocenters. The summed E-state index contributed by atoms with van der Waals surface area (Å²) in [6.07, 6.45) is 0.450. The van der Waals surface area contributed by atoms with Gasteiger partial charge in [-0.25, -0.2) is 5.84 Å². The molecule has 0 bridgehead atoms. The minimum Gasteiger partial charge on any atom is -0.310 e. The van der Waals surface area contributed by atoms with Crippen LogP contribution >= 0.6 is 0 Å². The molecular weight excluding hydrogens is 150 g/mol. The molecule has 0 aliphatic rings. The fourth-order valence-corrected chi connectivity index (χ4v) is 0.919. The van der Waals surface area contributed by atoms with Gasteiger partial charge in [0.05, 0.1) is 18.2 Å². The highest BCUT2D eigenvalue weighted by molar-refractivity contribution is 5.44. The minimum absolute atomic E-state index is 0.450. The lowest BCUT2D eigenvalue weighted by molar-refractivity contribution is 0.845. The monoisotopic (exact) mass is 161 g/mol. The molecule has 3 nitrogen and oxygen atoms in total. The smallest absolute Gasteiger partial charge is 0.0641 e. The van der Waals surface area contributed by atoms with E-state index in [1.807, 2.05) is 36.4 Å². The quantitative estimate of drug-likeness (QED) is 0.536. The van der Waals surface area contributed by atoms with Crippen molar-refractivity contribution in [1.82, 2.24) is 0 Å². The van der Waals surface area contributed by atoms with Crippen LogP contribution in [0.2, 0.25) is 0 Å². The Kier molecular flexibility index (Phi) is 3.12.